The van der Waals surface area contributed by atoms with E-state index in [0.717, 1.165) is 25.7 Å². The Morgan fingerprint density at radius 2 is 1.71 bits per heavy atom. The molecule has 0 aromatic carbocycles. The highest BCUT2D eigenvalue weighted by molar-refractivity contribution is 5.85. The van der Waals surface area contributed by atoms with Crippen molar-refractivity contribution in [3.05, 3.63) is 0 Å². The Labute approximate surface area is 124 Å². The number of nitrogens with one attached hydrogen (secondary N) is 1. The molecular formula is C15H24N2O4. The molecule has 6 heteroatoms. The van der Waals surface area contributed by atoms with Gasteiger partial charge in [0.05, 0.1) is 11.8 Å². The Kier molecular flexibility index (Phi) is 5.20. The van der Waals surface area contributed by atoms with Crippen LogP contribution in [0.3, 0.4) is 0 Å². The van der Waals surface area contributed by atoms with Crippen LogP contribution < -0.4 is 5.32 Å². The maximum Gasteiger partial charge on any atom is 0.307 e. The fourth-order valence-corrected chi connectivity index (χ4v) is 3.54. The fourth-order valence-electron chi connectivity index (χ4n) is 3.54. The van der Waals surface area contributed by atoms with Crippen LogP contribution in [0.15, 0.2) is 0 Å². The molecule has 1 saturated carbocycles. The first-order chi connectivity index (χ1) is 9.99. The van der Waals surface area contributed by atoms with Crippen LogP contribution >= 0.6 is 0 Å². The van der Waals surface area contributed by atoms with Crippen LogP contribution in [0.4, 0.5) is 0 Å². The minimum absolute atomic E-state index is 0.00734. The van der Waals surface area contributed by atoms with E-state index in [0.29, 0.717) is 25.9 Å². The van der Waals surface area contributed by atoms with E-state index in [9.17, 15) is 19.5 Å². The molecule has 1 heterocycles. The number of hydrogen-bond acceptors (Lipinski definition) is 3. The van der Waals surface area contributed by atoms with Crippen LogP contribution in [0.2, 0.25) is 0 Å². The van der Waals surface area contributed by atoms with E-state index < -0.39 is 17.8 Å². The van der Waals surface area contributed by atoms with Gasteiger partial charge < -0.3 is 15.3 Å². The van der Waals surface area contributed by atoms with Gasteiger partial charge in [0.2, 0.25) is 11.8 Å². The van der Waals surface area contributed by atoms with Crippen LogP contribution in [0.1, 0.15) is 45.4 Å². The van der Waals surface area contributed by atoms with Crippen molar-refractivity contribution in [1.82, 2.24) is 10.2 Å². The van der Waals surface area contributed by atoms with Crippen molar-refractivity contribution in [3.8, 4) is 0 Å². The number of piperidine rings is 1. The highest BCUT2D eigenvalue weighted by atomic mass is 16.4. The van der Waals surface area contributed by atoms with Gasteiger partial charge in [-0.3, -0.25) is 14.4 Å². The van der Waals surface area contributed by atoms with Gasteiger partial charge in [0.15, 0.2) is 0 Å². The zero-order chi connectivity index (χ0) is 15.4. The monoisotopic (exact) mass is 296 g/mol. The van der Waals surface area contributed by atoms with Crippen molar-refractivity contribution in [2.24, 2.45) is 11.8 Å². The van der Waals surface area contributed by atoms with E-state index in [1.165, 1.54) is 6.92 Å². The van der Waals surface area contributed by atoms with E-state index in [2.05, 4.69) is 5.32 Å². The molecule has 2 aliphatic rings. The molecule has 1 aliphatic heterocycles. The lowest BCUT2D eigenvalue weighted by atomic mass is 9.78. The molecule has 2 fully saturated rings. The third kappa shape index (κ3) is 3.95. The average Bonchev–Trinajstić information content (AvgIpc) is 2.46. The molecule has 2 N–H and O–H groups in total. The molecule has 1 saturated heterocycles. The molecule has 0 spiro atoms. The first-order valence-corrected chi connectivity index (χ1v) is 7.77. The van der Waals surface area contributed by atoms with Crippen molar-refractivity contribution < 1.29 is 19.5 Å². The maximum atomic E-state index is 12.6. The van der Waals surface area contributed by atoms with E-state index in [4.69, 9.17) is 0 Å². The van der Waals surface area contributed by atoms with Gasteiger partial charge in [0, 0.05) is 26.1 Å². The van der Waals surface area contributed by atoms with Gasteiger partial charge >= 0.3 is 5.97 Å². The van der Waals surface area contributed by atoms with Crippen molar-refractivity contribution >= 4 is 17.8 Å². The van der Waals surface area contributed by atoms with Crippen LogP contribution in [0.25, 0.3) is 0 Å². The lowest BCUT2D eigenvalue weighted by Crippen LogP contribution is -2.52. The lowest BCUT2D eigenvalue weighted by Gasteiger charge is -2.37. The van der Waals surface area contributed by atoms with Crippen molar-refractivity contribution in [2.75, 3.05) is 13.1 Å². The van der Waals surface area contributed by atoms with Gasteiger partial charge in [-0.05, 0) is 25.7 Å². The Balaban J connectivity index is 2.00. The van der Waals surface area contributed by atoms with Gasteiger partial charge in [-0.1, -0.05) is 12.8 Å². The Morgan fingerprint density at radius 3 is 2.33 bits per heavy atom. The minimum atomic E-state index is -0.858. The molecule has 1 aliphatic carbocycles. The van der Waals surface area contributed by atoms with E-state index >= 15 is 0 Å². The topological polar surface area (TPSA) is 86.7 Å². The molecule has 2 rings (SSSR count). The van der Waals surface area contributed by atoms with Crippen molar-refractivity contribution in [3.63, 3.8) is 0 Å². The molecule has 21 heavy (non-hydrogen) atoms. The molecule has 0 radical (unpaired) electrons. The quantitative estimate of drug-likeness (QED) is 0.813. The Hall–Kier alpha value is -1.59. The first kappa shape index (κ1) is 15.8. The van der Waals surface area contributed by atoms with Crippen LogP contribution in [-0.2, 0) is 14.4 Å². The number of carboxylic acids is 1. The number of likely N-dealkylation sites (tertiary alicyclic amines) is 1. The third-order valence-corrected chi connectivity index (χ3v) is 4.54. The number of carbonyl (C=O) groups excluding carboxylic acids is 2. The molecule has 3 atom stereocenters. The molecule has 118 valence electrons. The summed E-state index contributed by atoms with van der Waals surface area (Å²) in [5, 5.41) is 12.2. The van der Waals surface area contributed by atoms with E-state index in [-0.39, 0.29) is 17.9 Å². The number of hydrogen-bond donors (Lipinski definition) is 2. The summed E-state index contributed by atoms with van der Waals surface area (Å²) in [5.74, 6) is -1.93. The minimum Gasteiger partial charge on any atom is -0.481 e. The molecule has 2 amide bonds. The SMILES string of the molecule is CC(=O)NC1CCCN(C(=O)[C@@H]2CCCC[C@@H]2C(=O)O)C1. The summed E-state index contributed by atoms with van der Waals surface area (Å²) in [6.07, 6.45) is 4.78. The maximum absolute atomic E-state index is 12.6. The number of carboxylic acid groups (broad SMARTS) is 1. The van der Waals surface area contributed by atoms with E-state index in [1.807, 2.05) is 0 Å². The number of rotatable bonds is 3. The van der Waals surface area contributed by atoms with E-state index in [1.54, 1.807) is 4.90 Å². The number of amides is 2. The lowest BCUT2D eigenvalue weighted by molar-refractivity contribution is -0.153. The van der Waals surface area contributed by atoms with Crippen LogP contribution in [0.5, 0.6) is 0 Å². The predicted octanol–water partition coefficient (Wildman–Crippen LogP) is 1.00. The molecular weight excluding hydrogens is 272 g/mol. The smallest absolute Gasteiger partial charge is 0.307 e. The summed E-state index contributed by atoms with van der Waals surface area (Å²) in [7, 11) is 0. The second-order valence-electron chi connectivity index (χ2n) is 6.16. The van der Waals surface area contributed by atoms with Gasteiger partial charge in [0.25, 0.3) is 0 Å². The number of carbonyl (C=O) groups is 3. The van der Waals surface area contributed by atoms with Crippen molar-refractivity contribution in [2.45, 2.75) is 51.5 Å². The average molecular weight is 296 g/mol. The molecule has 0 bridgehead atoms. The zero-order valence-electron chi connectivity index (χ0n) is 12.5. The molecule has 0 aromatic rings. The van der Waals surface area contributed by atoms with Gasteiger partial charge in [-0.25, -0.2) is 0 Å². The Bertz CT molecular complexity index is 424. The van der Waals surface area contributed by atoms with Gasteiger partial charge in [-0.2, -0.15) is 0 Å². The van der Waals surface area contributed by atoms with Crippen LogP contribution in [-0.4, -0.2) is 46.9 Å². The van der Waals surface area contributed by atoms with Gasteiger partial charge in [0.1, 0.15) is 0 Å². The summed E-state index contributed by atoms with van der Waals surface area (Å²) >= 11 is 0. The summed E-state index contributed by atoms with van der Waals surface area (Å²) in [6, 6.07) is -0.00734. The van der Waals surface area contributed by atoms with Crippen LogP contribution in [0, 0.1) is 11.8 Å². The largest absolute Gasteiger partial charge is 0.481 e. The fraction of sp³-hybridized carbons (Fsp3) is 0.800. The predicted molar refractivity (Wildman–Crippen MR) is 76.5 cm³/mol. The second-order valence-corrected chi connectivity index (χ2v) is 6.16. The zero-order valence-corrected chi connectivity index (χ0v) is 12.5. The third-order valence-electron chi connectivity index (χ3n) is 4.54. The molecule has 0 aromatic heterocycles. The standard InChI is InChI=1S/C15H24N2O4/c1-10(18)16-11-5-4-8-17(9-11)14(19)12-6-2-3-7-13(12)15(20)21/h11-13H,2-9H2,1H3,(H,16,18)(H,20,21)/t11?,12-,13+/m1/s1. The first-order valence-electron chi connectivity index (χ1n) is 7.77. The summed E-state index contributed by atoms with van der Waals surface area (Å²) < 4.78 is 0. The Morgan fingerprint density at radius 1 is 1.05 bits per heavy atom. The highest BCUT2D eigenvalue weighted by Gasteiger charge is 2.38. The summed E-state index contributed by atoms with van der Waals surface area (Å²) in [5.41, 5.74) is 0. The molecule has 6 nitrogen and oxygen atoms in total. The normalized spacial score (nSPS) is 29.8. The van der Waals surface area contributed by atoms with Crippen molar-refractivity contribution in [1.29, 1.82) is 0 Å². The summed E-state index contributed by atoms with van der Waals surface area (Å²) in [6.45, 7) is 2.64. The summed E-state index contributed by atoms with van der Waals surface area (Å²) in [4.78, 5) is 36.9. The second kappa shape index (κ2) is 6.91. The number of aliphatic carboxylic acids is 1. The number of nitrogens with zero attached hydrogens (tertiary/aromatic N) is 1. The van der Waals surface area contributed by atoms with Gasteiger partial charge in [-0.15, -0.1) is 0 Å². The molecule has 1 unspecified atom stereocenters. The highest BCUT2D eigenvalue weighted by Crippen LogP contribution is 2.32.